The van der Waals surface area contributed by atoms with Gasteiger partial charge in [0.1, 0.15) is 24.6 Å². The van der Waals surface area contributed by atoms with Gasteiger partial charge in [0.05, 0.1) is 67.8 Å². The quantitative estimate of drug-likeness (QED) is 0.235. The van der Waals surface area contributed by atoms with Gasteiger partial charge in [-0.1, -0.05) is 51.8 Å². The minimum absolute atomic E-state index is 0.0260. The van der Waals surface area contributed by atoms with E-state index in [4.69, 9.17) is 28.7 Å². The van der Waals surface area contributed by atoms with Crippen molar-refractivity contribution in [2.24, 2.45) is 28.6 Å². The van der Waals surface area contributed by atoms with Crippen molar-refractivity contribution < 1.29 is 51.3 Å². The first-order valence-corrected chi connectivity index (χ1v) is 25.7. The van der Waals surface area contributed by atoms with Crippen LogP contribution in [0.3, 0.4) is 0 Å². The fourth-order valence-corrected chi connectivity index (χ4v) is 12.0. The van der Waals surface area contributed by atoms with Gasteiger partial charge in [0.25, 0.3) is 0 Å². The maximum Gasteiger partial charge on any atom is 0.306 e. The number of pyridine rings is 1. The van der Waals surface area contributed by atoms with E-state index in [-0.39, 0.29) is 76.5 Å². The Morgan fingerprint density at radius 2 is 1.70 bits per heavy atom. The highest BCUT2D eigenvalue weighted by molar-refractivity contribution is 7.87. The van der Waals surface area contributed by atoms with Crippen molar-refractivity contribution >= 4 is 44.7 Å². The third-order valence-corrected chi connectivity index (χ3v) is 16.3. The first-order valence-electron chi connectivity index (χ1n) is 24.2. The van der Waals surface area contributed by atoms with E-state index in [1.807, 2.05) is 45.0 Å². The van der Waals surface area contributed by atoms with Crippen LogP contribution in [0.1, 0.15) is 97.0 Å². The Hall–Kier alpha value is -4.16. The van der Waals surface area contributed by atoms with Crippen molar-refractivity contribution in [1.29, 1.82) is 0 Å². The van der Waals surface area contributed by atoms with E-state index in [0.717, 1.165) is 81.3 Å². The van der Waals surface area contributed by atoms with Gasteiger partial charge in [-0.05, 0) is 74.3 Å². The summed E-state index contributed by atoms with van der Waals surface area (Å²) >= 11 is 0. The Morgan fingerprint density at radius 1 is 0.970 bits per heavy atom. The molecule has 1 N–H and O–H groups in total. The topological polar surface area (TPSA) is 183 Å². The number of para-hydroxylation sites is 1. The average Bonchev–Trinajstić information content (AvgIpc) is 3.57. The number of hydrogen-bond acceptors (Lipinski definition) is 13. The van der Waals surface area contributed by atoms with Crippen LogP contribution in [0.15, 0.2) is 36.9 Å². The molecule has 2 bridgehead atoms. The largest absolute Gasteiger partial charge is 0.491 e. The number of aromatic nitrogens is 1. The lowest BCUT2D eigenvalue weighted by Crippen LogP contribution is -2.51. The highest BCUT2D eigenvalue weighted by Crippen LogP contribution is 2.57. The Labute approximate surface area is 389 Å². The van der Waals surface area contributed by atoms with Crippen LogP contribution in [-0.4, -0.2) is 142 Å². The molecule has 16 nitrogen and oxygen atoms in total. The number of amides is 2. The second-order valence-electron chi connectivity index (χ2n) is 20.3. The average molecular weight is 936 g/mol. The first-order chi connectivity index (χ1) is 31.7. The number of benzene rings is 1. The lowest BCUT2D eigenvalue weighted by molar-refractivity contribution is -0.158. The minimum atomic E-state index is -4.21. The normalized spacial score (nSPS) is 29.7. The van der Waals surface area contributed by atoms with Gasteiger partial charge in [0.2, 0.25) is 17.7 Å². The molecule has 2 aromatic rings. The number of Topliss-reactive ketones (excluding diaryl/α,β-unsaturated/α-hetero) is 1. The van der Waals surface area contributed by atoms with Gasteiger partial charge in [-0.25, -0.2) is 9.71 Å². The number of allylic oxidation sites excluding steroid dienone is 1. The van der Waals surface area contributed by atoms with Crippen molar-refractivity contribution in [3.05, 3.63) is 42.5 Å². The molecule has 66 heavy (non-hydrogen) atoms. The zero-order valence-electron chi connectivity index (χ0n) is 39.0. The summed E-state index contributed by atoms with van der Waals surface area (Å²) in [5, 5.41) is 0.879. The first kappa shape index (κ1) is 48.3. The summed E-state index contributed by atoms with van der Waals surface area (Å²) in [5.74, 6) is -1.91. The van der Waals surface area contributed by atoms with Crippen LogP contribution in [-0.2, 0) is 50.0 Å². The molecule has 5 heterocycles. The molecule has 0 radical (unpaired) electrons. The van der Waals surface area contributed by atoms with Crippen LogP contribution < -0.4 is 14.2 Å². The van der Waals surface area contributed by atoms with Crippen molar-refractivity contribution in [1.82, 2.24) is 23.8 Å². The molecular formula is C49H69N5O11S. The number of carbonyl (C=O) groups excluding carboxylic acids is 4. The van der Waals surface area contributed by atoms with Crippen LogP contribution in [0, 0.1) is 28.6 Å². The van der Waals surface area contributed by atoms with Crippen molar-refractivity contribution in [2.45, 2.75) is 116 Å². The highest BCUT2D eigenvalue weighted by atomic mass is 32.2. The highest BCUT2D eigenvalue weighted by Gasteiger charge is 2.61. The van der Waals surface area contributed by atoms with Gasteiger partial charge < -0.3 is 28.6 Å². The maximum atomic E-state index is 15.1. The van der Waals surface area contributed by atoms with E-state index >= 15 is 4.79 Å². The molecule has 3 saturated heterocycles. The van der Waals surface area contributed by atoms with Gasteiger partial charge >= 0.3 is 16.2 Å². The van der Waals surface area contributed by atoms with Gasteiger partial charge in [-0.3, -0.25) is 24.1 Å². The van der Waals surface area contributed by atoms with E-state index in [2.05, 4.69) is 16.2 Å². The molecule has 6 aliphatic rings. The predicted molar refractivity (Wildman–Crippen MR) is 246 cm³/mol. The number of morpholine rings is 2. The summed E-state index contributed by atoms with van der Waals surface area (Å²) in [7, 11) is -4.21. The summed E-state index contributed by atoms with van der Waals surface area (Å²) in [6.45, 7) is 14.5. The lowest BCUT2D eigenvalue weighted by atomic mass is 9.77. The summed E-state index contributed by atoms with van der Waals surface area (Å²) in [4.78, 5) is 66.9. The standard InChI is InChI=1S/C49H69N5O11S/c1-5-34-30-49(34,47(58)51-66(59,60)53-21-25-62-26-22-53)31-41(55)40-28-35-32-54(40)46(57)38(48(2,3)4)29-43(56)65-42-17-11-13-33(42)12-7-6-8-15-37-44(63-27-20-52-18-23-61-24-19-52)36-14-9-10-16-39(36)50-45(37)64-35/h5,9-10,14,16,33-35,38,40,42H,1,6-8,11-13,15,17-32H2,2-4H3,(H,51,58)/t33-,34-,35-,38-,40+,42-,49-/m1/s1. The molecule has 0 spiro atoms. The van der Waals surface area contributed by atoms with Gasteiger partial charge in [0.15, 0.2) is 5.78 Å². The molecule has 2 amide bonds. The molecule has 4 aliphatic heterocycles. The molecule has 2 aliphatic carbocycles. The molecule has 17 heteroatoms. The van der Waals surface area contributed by atoms with Gasteiger partial charge in [-0.2, -0.15) is 12.7 Å². The molecule has 0 unspecified atom stereocenters. The third kappa shape index (κ3) is 10.9. The summed E-state index contributed by atoms with van der Waals surface area (Å²) in [5.41, 5.74) is -0.531. The molecule has 1 aromatic carbocycles. The number of carbonyl (C=O) groups is 4. The summed E-state index contributed by atoms with van der Waals surface area (Å²) < 4.78 is 60.9. The van der Waals surface area contributed by atoms with E-state index < -0.39 is 62.7 Å². The van der Waals surface area contributed by atoms with Crippen molar-refractivity contribution in [3.63, 3.8) is 0 Å². The number of nitrogens with zero attached hydrogens (tertiary/aromatic N) is 4. The van der Waals surface area contributed by atoms with Gasteiger partial charge in [-0.15, -0.1) is 6.58 Å². The molecular weight excluding hydrogens is 867 g/mol. The van der Waals surface area contributed by atoms with Crippen molar-refractivity contribution in [2.75, 3.05) is 72.3 Å². The van der Waals surface area contributed by atoms with E-state index in [1.54, 1.807) is 6.08 Å². The number of hydrogen-bond donors (Lipinski definition) is 1. The third-order valence-electron chi connectivity index (χ3n) is 14.8. The summed E-state index contributed by atoms with van der Waals surface area (Å²) in [6.07, 6.45) is 7.60. The number of fused-ring (bicyclic) bond motifs is 5. The molecule has 2 saturated carbocycles. The number of esters is 1. The van der Waals surface area contributed by atoms with E-state index in [1.165, 1.54) is 9.21 Å². The lowest BCUT2D eigenvalue weighted by Gasteiger charge is -2.35. The fraction of sp³-hybridized carbons (Fsp3) is 0.694. The molecule has 362 valence electrons. The van der Waals surface area contributed by atoms with E-state index in [9.17, 15) is 22.8 Å². The number of ether oxygens (including phenoxy) is 5. The zero-order valence-corrected chi connectivity index (χ0v) is 39.8. The van der Waals surface area contributed by atoms with Crippen LogP contribution in [0.5, 0.6) is 11.6 Å². The van der Waals surface area contributed by atoms with E-state index in [0.29, 0.717) is 37.6 Å². The van der Waals surface area contributed by atoms with Crippen LogP contribution in [0.25, 0.3) is 10.9 Å². The van der Waals surface area contributed by atoms with Crippen LogP contribution >= 0.6 is 0 Å². The molecule has 8 rings (SSSR count). The Morgan fingerprint density at radius 3 is 2.42 bits per heavy atom. The summed E-state index contributed by atoms with van der Waals surface area (Å²) in [6, 6.07) is 6.80. The van der Waals surface area contributed by atoms with Crippen LogP contribution in [0.4, 0.5) is 0 Å². The minimum Gasteiger partial charge on any atom is -0.491 e. The molecule has 7 atom stereocenters. The number of ketones is 1. The zero-order chi connectivity index (χ0) is 46.6. The van der Waals surface area contributed by atoms with Crippen LogP contribution in [0.2, 0.25) is 0 Å². The monoisotopic (exact) mass is 935 g/mol. The Kier molecular flexibility index (Phi) is 15.1. The number of nitrogens with one attached hydrogen (secondary N) is 1. The number of rotatable bonds is 11. The SMILES string of the molecule is C=C[C@@H]1C[C@]1(CC(=O)[C@@H]1C[C@@H]2CN1C(=O)[C@H](C(C)(C)C)CC(=O)O[C@@H]1CCC[C@H]1CCCCCc1c(nc3ccccc3c1OCCN1CCOCC1)O2)C(=O)NS(=O)(=O)N1CCOCC1. The Balaban J connectivity index is 1.13. The second kappa shape index (κ2) is 20.6. The maximum absolute atomic E-state index is 15.1. The Bertz CT molecular complexity index is 2220. The van der Waals surface area contributed by atoms with Crippen molar-refractivity contribution in [3.8, 4) is 11.6 Å². The second-order valence-corrected chi connectivity index (χ2v) is 21.9. The van der Waals surface area contributed by atoms with Gasteiger partial charge in [0, 0.05) is 51.0 Å². The fourth-order valence-electron chi connectivity index (χ4n) is 10.8. The smallest absolute Gasteiger partial charge is 0.306 e. The predicted octanol–water partition coefficient (Wildman–Crippen LogP) is 5.02. The molecule has 1 aromatic heterocycles. The molecule has 5 fully saturated rings.